The summed E-state index contributed by atoms with van der Waals surface area (Å²) in [5.41, 5.74) is 6.36. The van der Waals surface area contributed by atoms with E-state index >= 15 is 0 Å². The van der Waals surface area contributed by atoms with Crippen LogP contribution in [0.1, 0.15) is 32.9 Å². The van der Waals surface area contributed by atoms with Gasteiger partial charge >= 0.3 is 6.09 Å². The first kappa shape index (κ1) is 19.9. The Bertz CT molecular complexity index is 785. The summed E-state index contributed by atoms with van der Waals surface area (Å²) in [7, 11) is 0. The van der Waals surface area contributed by atoms with Crippen molar-refractivity contribution in [2.24, 2.45) is 11.7 Å². The summed E-state index contributed by atoms with van der Waals surface area (Å²) in [6.45, 7) is 7.89. The largest absolute Gasteiger partial charge is 0.488 e. The Labute approximate surface area is 157 Å². The molecule has 140 valence electrons. The lowest BCUT2D eigenvalue weighted by atomic mass is 9.95. The van der Waals surface area contributed by atoms with Gasteiger partial charge in [-0.05, 0) is 56.0 Å². The summed E-state index contributed by atoms with van der Waals surface area (Å²) in [6.07, 6.45) is 1.38. The Kier molecular flexibility index (Phi) is 6.37. The molecule has 7 nitrogen and oxygen atoms in total. The summed E-state index contributed by atoms with van der Waals surface area (Å²) >= 11 is 5.82. The number of aromatic nitrogens is 3. The zero-order chi connectivity index (χ0) is 19.3. The predicted octanol–water partition coefficient (Wildman–Crippen LogP) is 3.78. The smallest absolute Gasteiger partial charge is 0.405 e. The second-order valence-corrected chi connectivity index (χ2v) is 7.09. The van der Waals surface area contributed by atoms with Crippen LogP contribution in [0.3, 0.4) is 0 Å². The van der Waals surface area contributed by atoms with Crippen molar-refractivity contribution >= 4 is 17.7 Å². The van der Waals surface area contributed by atoms with Gasteiger partial charge in [-0.3, -0.25) is 0 Å². The molecule has 0 saturated carbocycles. The fourth-order valence-electron chi connectivity index (χ4n) is 2.79. The number of hydrogen-bond acceptors (Lipinski definition) is 6. The van der Waals surface area contributed by atoms with Crippen molar-refractivity contribution in [2.75, 3.05) is 6.61 Å². The Morgan fingerprint density at radius 3 is 2.54 bits per heavy atom. The van der Waals surface area contributed by atoms with Crippen molar-refractivity contribution in [1.82, 2.24) is 15.0 Å². The van der Waals surface area contributed by atoms with Gasteiger partial charge in [0.05, 0.1) is 17.1 Å². The number of halogens is 1. The van der Waals surface area contributed by atoms with Gasteiger partial charge in [0.15, 0.2) is 0 Å². The van der Waals surface area contributed by atoms with E-state index in [0.29, 0.717) is 35.2 Å². The van der Waals surface area contributed by atoms with E-state index in [9.17, 15) is 4.79 Å². The Morgan fingerprint density at radius 1 is 1.27 bits per heavy atom. The number of aryl methyl sites for hydroxylation is 1. The molecule has 2 aromatic heterocycles. The zero-order valence-corrected chi connectivity index (χ0v) is 16.1. The van der Waals surface area contributed by atoms with Crippen molar-refractivity contribution in [3.8, 4) is 17.1 Å². The number of nitrogens with two attached hydrogens (primary N) is 1. The van der Waals surface area contributed by atoms with Gasteiger partial charge < -0.3 is 15.2 Å². The van der Waals surface area contributed by atoms with Crippen molar-refractivity contribution in [3.05, 3.63) is 35.4 Å². The van der Waals surface area contributed by atoms with Gasteiger partial charge in [0.2, 0.25) is 5.28 Å². The summed E-state index contributed by atoms with van der Waals surface area (Å²) in [5.74, 6) is 0.906. The van der Waals surface area contributed by atoms with Crippen LogP contribution >= 0.6 is 11.6 Å². The average molecular weight is 379 g/mol. The van der Waals surface area contributed by atoms with Crippen molar-refractivity contribution in [1.29, 1.82) is 0 Å². The summed E-state index contributed by atoms with van der Waals surface area (Å²) in [4.78, 5) is 23.7. The number of amides is 1. The molecular weight excluding hydrogens is 356 g/mol. The van der Waals surface area contributed by atoms with E-state index in [-0.39, 0.29) is 11.9 Å². The van der Waals surface area contributed by atoms with Crippen LogP contribution in [-0.2, 0) is 4.74 Å². The Hall–Kier alpha value is -2.41. The normalized spacial score (nSPS) is 13.3. The second-order valence-electron chi connectivity index (χ2n) is 6.75. The molecule has 8 heteroatoms. The predicted molar refractivity (Wildman–Crippen MR) is 99.0 cm³/mol. The standard InChI is InChI=1S/C18H23ClN4O3/c1-11(2)9-18(4,26-17(20)24)10-25-15-6-5-13(22-12(15)3)14-7-8-21-16(19)23-14/h5-8,11H,9-10H2,1-4H3,(H2,20,24)/t18-/m0/s1. The third-order valence-corrected chi connectivity index (χ3v) is 3.83. The number of primary amides is 1. The van der Waals surface area contributed by atoms with E-state index in [0.717, 1.165) is 0 Å². The topological polar surface area (TPSA) is 100 Å². The van der Waals surface area contributed by atoms with Crippen LogP contribution in [0.5, 0.6) is 5.75 Å². The van der Waals surface area contributed by atoms with Crippen molar-refractivity contribution in [2.45, 2.75) is 39.7 Å². The molecule has 2 rings (SSSR count). The highest BCUT2D eigenvalue weighted by molar-refractivity contribution is 6.28. The van der Waals surface area contributed by atoms with Crippen molar-refractivity contribution in [3.63, 3.8) is 0 Å². The fraction of sp³-hybridized carbons (Fsp3) is 0.444. The monoisotopic (exact) mass is 378 g/mol. The van der Waals surface area contributed by atoms with Gasteiger partial charge in [0, 0.05) is 6.20 Å². The van der Waals surface area contributed by atoms with Gasteiger partial charge in [-0.1, -0.05) is 13.8 Å². The number of ether oxygens (including phenoxy) is 2. The molecule has 0 aliphatic heterocycles. The third kappa shape index (κ3) is 5.56. The number of hydrogen-bond donors (Lipinski definition) is 1. The maximum Gasteiger partial charge on any atom is 0.405 e. The maximum atomic E-state index is 11.2. The number of pyridine rings is 1. The lowest BCUT2D eigenvalue weighted by Crippen LogP contribution is -2.41. The number of nitrogens with zero attached hydrogens (tertiary/aromatic N) is 3. The highest BCUT2D eigenvalue weighted by Gasteiger charge is 2.30. The minimum Gasteiger partial charge on any atom is -0.488 e. The highest BCUT2D eigenvalue weighted by Crippen LogP contribution is 2.26. The van der Waals surface area contributed by atoms with Gasteiger partial charge in [0.25, 0.3) is 0 Å². The maximum absolute atomic E-state index is 11.2. The molecule has 0 bridgehead atoms. The molecule has 26 heavy (non-hydrogen) atoms. The molecule has 0 spiro atoms. The van der Waals surface area contributed by atoms with E-state index in [1.807, 2.05) is 20.8 Å². The van der Waals surface area contributed by atoms with E-state index < -0.39 is 11.7 Å². The number of carbonyl (C=O) groups is 1. The molecule has 0 radical (unpaired) electrons. The molecule has 1 atom stereocenters. The number of rotatable bonds is 7. The van der Waals surface area contributed by atoms with Gasteiger partial charge in [-0.25, -0.2) is 19.7 Å². The quantitative estimate of drug-likeness (QED) is 0.736. The first-order valence-electron chi connectivity index (χ1n) is 8.26. The minimum absolute atomic E-state index is 0.162. The minimum atomic E-state index is -0.817. The van der Waals surface area contributed by atoms with Crippen LogP contribution in [0.2, 0.25) is 5.28 Å². The van der Waals surface area contributed by atoms with E-state index in [4.69, 9.17) is 26.8 Å². The lowest BCUT2D eigenvalue weighted by molar-refractivity contribution is -0.0188. The summed E-state index contributed by atoms with van der Waals surface area (Å²) in [6, 6.07) is 5.32. The van der Waals surface area contributed by atoms with Crippen LogP contribution in [-0.4, -0.2) is 33.3 Å². The zero-order valence-electron chi connectivity index (χ0n) is 15.3. The van der Waals surface area contributed by atoms with Crippen LogP contribution in [0.25, 0.3) is 11.4 Å². The van der Waals surface area contributed by atoms with Gasteiger partial charge in [0.1, 0.15) is 18.0 Å². The van der Waals surface area contributed by atoms with E-state index in [1.165, 1.54) is 0 Å². The highest BCUT2D eigenvalue weighted by atomic mass is 35.5. The SMILES string of the molecule is Cc1nc(-c2ccnc(Cl)n2)ccc1OC[C@](C)(CC(C)C)OC(N)=O. The van der Waals surface area contributed by atoms with Gasteiger partial charge in [-0.15, -0.1) is 0 Å². The van der Waals surface area contributed by atoms with Crippen molar-refractivity contribution < 1.29 is 14.3 Å². The average Bonchev–Trinajstić information content (AvgIpc) is 2.52. The molecule has 0 aliphatic carbocycles. The molecule has 0 aliphatic rings. The van der Waals surface area contributed by atoms with Crippen LogP contribution in [0.4, 0.5) is 4.79 Å². The van der Waals surface area contributed by atoms with E-state index in [2.05, 4.69) is 15.0 Å². The second kappa shape index (κ2) is 8.31. The summed E-state index contributed by atoms with van der Waals surface area (Å²) < 4.78 is 11.1. The third-order valence-electron chi connectivity index (χ3n) is 3.65. The molecule has 2 heterocycles. The Balaban J connectivity index is 2.15. The van der Waals surface area contributed by atoms with Crippen LogP contribution in [0.15, 0.2) is 24.4 Å². The molecular formula is C18H23ClN4O3. The molecule has 1 amide bonds. The molecule has 2 N–H and O–H groups in total. The first-order chi connectivity index (χ1) is 12.2. The Morgan fingerprint density at radius 2 is 1.96 bits per heavy atom. The fourth-order valence-corrected chi connectivity index (χ4v) is 2.94. The summed E-state index contributed by atoms with van der Waals surface area (Å²) in [5, 5.41) is 0.162. The first-order valence-corrected chi connectivity index (χ1v) is 8.64. The van der Waals surface area contributed by atoms with Gasteiger partial charge in [-0.2, -0.15) is 0 Å². The number of carbonyl (C=O) groups excluding carboxylic acids is 1. The molecule has 0 saturated heterocycles. The van der Waals surface area contributed by atoms with Crippen LogP contribution < -0.4 is 10.5 Å². The molecule has 0 fully saturated rings. The van der Waals surface area contributed by atoms with Crippen LogP contribution in [0, 0.1) is 12.8 Å². The van der Waals surface area contributed by atoms with E-state index in [1.54, 1.807) is 31.3 Å². The lowest BCUT2D eigenvalue weighted by Gasteiger charge is -2.30. The molecule has 0 aromatic carbocycles. The molecule has 2 aromatic rings. The molecule has 0 unspecified atom stereocenters.